The van der Waals surface area contributed by atoms with Gasteiger partial charge in [0.25, 0.3) is 0 Å². The molecule has 2 aromatic carbocycles. The number of para-hydroxylation sites is 1. The number of anilines is 2. The molecule has 0 atom stereocenters. The van der Waals surface area contributed by atoms with Crippen LogP contribution in [0.5, 0.6) is 0 Å². The molecule has 4 nitrogen and oxygen atoms in total. The van der Waals surface area contributed by atoms with Gasteiger partial charge in [0.1, 0.15) is 17.3 Å². The molecule has 0 spiro atoms. The zero-order valence-electron chi connectivity index (χ0n) is 12.0. The van der Waals surface area contributed by atoms with Crippen molar-refractivity contribution in [2.75, 3.05) is 10.6 Å². The van der Waals surface area contributed by atoms with E-state index in [0.717, 1.165) is 22.2 Å². The minimum atomic E-state index is -0.847. The molecule has 0 radical (unpaired) electrons. The summed E-state index contributed by atoms with van der Waals surface area (Å²) in [4.78, 5) is 16.2. The van der Waals surface area contributed by atoms with Crippen molar-refractivity contribution in [3.05, 3.63) is 64.0 Å². The van der Waals surface area contributed by atoms with E-state index in [-0.39, 0.29) is 0 Å². The zero-order valence-corrected chi connectivity index (χ0v) is 14.4. The van der Waals surface area contributed by atoms with Crippen LogP contribution in [0.4, 0.5) is 24.4 Å². The zero-order chi connectivity index (χ0) is 17.1. The van der Waals surface area contributed by atoms with Crippen molar-refractivity contribution in [2.24, 2.45) is 0 Å². The summed E-state index contributed by atoms with van der Waals surface area (Å²) < 4.78 is 28.0. The monoisotopic (exact) mass is 409 g/mol. The fraction of sp³-hybridized carbons (Fsp3) is 0. The van der Waals surface area contributed by atoms with Gasteiger partial charge in [-0.1, -0.05) is 34.1 Å². The van der Waals surface area contributed by atoms with E-state index in [0.29, 0.717) is 10.8 Å². The van der Waals surface area contributed by atoms with Crippen molar-refractivity contribution in [3.63, 3.8) is 0 Å². The minimum Gasteiger partial charge on any atom is -0.302 e. The Morgan fingerprint density at radius 1 is 1.04 bits per heavy atom. The van der Waals surface area contributed by atoms with Gasteiger partial charge in [-0.25, -0.2) is 18.6 Å². The van der Waals surface area contributed by atoms with E-state index in [4.69, 9.17) is 0 Å². The van der Waals surface area contributed by atoms with Crippen molar-refractivity contribution >= 4 is 44.1 Å². The van der Waals surface area contributed by atoms with Gasteiger partial charge < -0.3 is 5.32 Å². The van der Waals surface area contributed by atoms with E-state index >= 15 is 0 Å². The SMILES string of the molecule is O=C(Nc1nc(-c2ccc(Br)cc2)cs1)Nc1c(F)cccc1F. The van der Waals surface area contributed by atoms with Crippen molar-refractivity contribution in [1.29, 1.82) is 0 Å². The maximum Gasteiger partial charge on any atom is 0.325 e. The molecule has 1 aromatic heterocycles. The van der Waals surface area contributed by atoms with Gasteiger partial charge in [-0.2, -0.15) is 0 Å². The van der Waals surface area contributed by atoms with E-state index in [1.54, 1.807) is 5.38 Å². The topological polar surface area (TPSA) is 54.0 Å². The summed E-state index contributed by atoms with van der Waals surface area (Å²) in [7, 11) is 0. The summed E-state index contributed by atoms with van der Waals surface area (Å²) in [5.74, 6) is -1.69. The van der Waals surface area contributed by atoms with Crippen LogP contribution in [0.15, 0.2) is 52.3 Å². The fourth-order valence-corrected chi connectivity index (χ4v) is 2.92. The molecule has 8 heteroatoms. The van der Waals surface area contributed by atoms with Crippen LogP contribution in [-0.4, -0.2) is 11.0 Å². The Kier molecular flexibility index (Phi) is 4.86. The Balaban J connectivity index is 1.70. The highest BCUT2D eigenvalue weighted by Crippen LogP contribution is 2.26. The van der Waals surface area contributed by atoms with Gasteiger partial charge in [0.2, 0.25) is 0 Å². The van der Waals surface area contributed by atoms with Crippen LogP contribution in [-0.2, 0) is 0 Å². The molecule has 2 amide bonds. The Morgan fingerprint density at radius 2 is 1.71 bits per heavy atom. The smallest absolute Gasteiger partial charge is 0.302 e. The maximum atomic E-state index is 13.5. The quantitative estimate of drug-likeness (QED) is 0.600. The summed E-state index contributed by atoms with van der Waals surface area (Å²) in [6.07, 6.45) is 0. The Bertz CT molecular complexity index is 863. The largest absolute Gasteiger partial charge is 0.325 e. The molecule has 0 fully saturated rings. The summed E-state index contributed by atoms with van der Waals surface area (Å²) in [5.41, 5.74) is 1.09. The number of urea groups is 1. The summed E-state index contributed by atoms with van der Waals surface area (Å²) >= 11 is 4.57. The molecular weight excluding hydrogens is 400 g/mol. The van der Waals surface area contributed by atoms with Gasteiger partial charge in [-0.3, -0.25) is 5.32 Å². The molecule has 0 saturated carbocycles. The van der Waals surface area contributed by atoms with Gasteiger partial charge in [0.15, 0.2) is 5.13 Å². The maximum absolute atomic E-state index is 13.5. The first kappa shape index (κ1) is 16.5. The molecule has 0 aliphatic carbocycles. The van der Waals surface area contributed by atoms with Crippen LogP contribution < -0.4 is 10.6 Å². The Hall–Kier alpha value is -2.32. The number of aromatic nitrogens is 1. The van der Waals surface area contributed by atoms with Crippen LogP contribution in [0, 0.1) is 11.6 Å². The second-order valence-corrected chi connectivity index (χ2v) is 6.49. The molecule has 0 aliphatic heterocycles. The number of nitrogens with one attached hydrogen (secondary N) is 2. The number of halogens is 3. The lowest BCUT2D eigenvalue weighted by Crippen LogP contribution is -2.20. The third-order valence-corrected chi connectivity index (χ3v) is 4.35. The lowest BCUT2D eigenvalue weighted by molar-refractivity contribution is 0.262. The normalized spacial score (nSPS) is 10.5. The van der Waals surface area contributed by atoms with Gasteiger partial charge in [-0.15, -0.1) is 11.3 Å². The second-order valence-electron chi connectivity index (χ2n) is 4.72. The van der Waals surface area contributed by atoms with E-state index < -0.39 is 23.4 Å². The fourth-order valence-electron chi connectivity index (χ4n) is 1.94. The van der Waals surface area contributed by atoms with Crippen molar-refractivity contribution in [3.8, 4) is 11.3 Å². The Labute approximate surface area is 148 Å². The number of carbonyl (C=O) groups is 1. The standard InChI is InChI=1S/C16H10BrF2N3OS/c17-10-6-4-9(5-7-10)13-8-24-16(20-13)22-15(23)21-14-11(18)2-1-3-12(14)19/h1-8H,(H2,20,21,22,23). The highest BCUT2D eigenvalue weighted by atomic mass is 79.9. The number of rotatable bonds is 3. The van der Waals surface area contributed by atoms with Crippen LogP contribution >= 0.6 is 27.3 Å². The van der Waals surface area contributed by atoms with Gasteiger partial charge in [0.05, 0.1) is 5.69 Å². The first-order valence-corrected chi connectivity index (χ1v) is 8.43. The van der Waals surface area contributed by atoms with Crippen LogP contribution in [0.2, 0.25) is 0 Å². The molecular formula is C16H10BrF2N3OS. The first-order chi connectivity index (χ1) is 11.5. The molecule has 3 rings (SSSR count). The third-order valence-electron chi connectivity index (χ3n) is 3.07. The van der Waals surface area contributed by atoms with Crippen LogP contribution in [0.1, 0.15) is 0 Å². The van der Waals surface area contributed by atoms with Crippen molar-refractivity contribution < 1.29 is 13.6 Å². The number of hydrogen-bond donors (Lipinski definition) is 2. The second kappa shape index (κ2) is 7.06. The van der Waals surface area contributed by atoms with Crippen molar-refractivity contribution in [1.82, 2.24) is 4.98 Å². The highest BCUT2D eigenvalue weighted by molar-refractivity contribution is 9.10. The molecule has 0 aliphatic rings. The molecule has 0 saturated heterocycles. The van der Waals surface area contributed by atoms with Crippen LogP contribution in [0.3, 0.4) is 0 Å². The van der Waals surface area contributed by atoms with Gasteiger partial charge in [-0.05, 0) is 24.3 Å². The van der Waals surface area contributed by atoms with Gasteiger partial charge in [0, 0.05) is 15.4 Å². The summed E-state index contributed by atoms with van der Waals surface area (Å²) in [5, 5.41) is 6.71. The minimum absolute atomic E-state index is 0.321. The number of amides is 2. The predicted octanol–water partition coefficient (Wildman–Crippen LogP) is 5.49. The lowest BCUT2D eigenvalue weighted by atomic mass is 10.2. The highest BCUT2D eigenvalue weighted by Gasteiger charge is 2.13. The molecule has 0 unspecified atom stereocenters. The number of nitrogens with zero attached hydrogens (tertiary/aromatic N) is 1. The van der Waals surface area contributed by atoms with E-state index in [1.165, 1.54) is 17.4 Å². The van der Waals surface area contributed by atoms with E-state index in [9.17, 15) is 13.6 Å². The molecule has 122 valence electrons. The van der Waals surface area contributed by atoms with E-state index in [2.05, 4.69) is 31.5 Å². The average Bonchev–Trinajstić information content (AvgIpc) is 3.00. The molecule has 1 heterocycles. The van der Waals surface area contributed by atoms with E-state index in [1.807, 2.05) is 24.3 Å². The average molecular weight is 410 g/mol. The summed E-state index contributed by atoms with van der Waals surface area (Å²) in [6, 6.07) is 10.1. The first-order valence-electron chi connectivity index (χ1n) is 6.76. The molecule has 2 N–H and O–H groups in total. The molecule has 3 aromatic rings. The van der Waals surface area contributed by atoms with Crippen molar-refractivity contribution in [2.45, 2.75) is 0 Å². The Morgan fingerprint density at radius 3 is 2.38 bits per heavy atom. The number of benzene rings is 2. The lowest BCUT2D eigenvalue weighted by Gasteiger charge is -2.07. The molecule has 0 bridgehead atoms. The third kappa shape index (κ3) is 3.77. The number of carbonyl (C=O) groups excluding carboxylic acids is 1. The summed E-state index contributed by atoms with van der Waals surface area (Å²) in [6.45, 7) is 0. The number of thiazole rings is 1. The van der Waals surface area contributed by atoms with Gasteiger partial charge >= 0.3 is 6.03 Å². The number of hydrogen-bond acceptors (Lipinski definition) is 3. The molecule has 24 heavy (non-hydrogen) atoms. The van der Waals surface area contributed by atoms with Crippen LogP contribution in [0.25, 0.3) is 11.3 Å². The predicted molar refractivity (Wildman–Crippen MR) is 94.2 cm³/mol.